The van der Waals surface area contributed by atoms with Crippen LogP contribution in [0.1, 0.15) is 20.7 Å². The lowest BCUT2D eigenvalue weighted by Crippen LogP contribution is -2.06. The van der Waals surface area contributed by atoms with E-state index in [0.29, 0.717) is 0 Å². The fraction of sp³-hybridized carbons (Fsp3) is 0.0667. The molecule has 0 amide bonds. The van der Waals surface area contributed by atoms with E-state index in [1.807, 2.05) is 0 Å². The molecule has 0 aliphatic carbocycles. The van der Waals surface area contributed by atoms with E-state index in [0.717, 1.165) is 31.4 Å². The molecule has 0 atom stereocenters. The van der Waals surface area contributed by atoms with E-state index in [1.165, 1.54) is 0 Å². The lowest BCUT2D eigenvalue weighted by Gasteiger charge is -2.23. The first kappa shape index (κ1) is 16.0. The maximum Gasteiger partial charge on any atom is 0.335 e. The number of carboxylic acids is 2. The van der Waals surface area contributed by atoms with Crippen LogP contribution in [0.5, 0.6) is 23.0 Å². The van der Waals surface area contributed by atoms with Crippen LogP contribution < -0.4 is 14.9 Å². The summed E-state index contributed by atoms with van der Waals surface area (Å²) in [5.41, 5.74) is -1.54. The summed E-state index contributed by atoms with van der Waals surface area (Å²) in [6.45, 7) is 0. The maximum absolute atomic E-state index is 12.2. The third-order valence-electron chi connectivity index (χ3n) is 3.13. The van der Waals surface area contributed by atoms with Crippen molar-refractivity contribution in [3.63, 3.8) is 0 Å². The van der Waals surface area contributed by atoms with E-state index in [1.54, 1.807) is 0 Å². The van der Waals surface area contributed by atoms with Crippen LogP contribution in [0.15, 0.2) is 24.3 Å². The van der Waals surface area contributed by atoms with E-state index in [9.17, 15) is 24.9 Å². The lowest BCUT2D eigenvalue weighted by atomic mass is 9.97. The number of rotatable bonds is 4. The van der Waals surface area contributed by atoms with Crippen molar-refractivity contribution < 1.29 is 39.9 Å². The standard InChI is InChI=1S/C15H12O8/c1-23-11-5-7(15(21)22)3-9(13(11)18)8-2-6(14(19)20)4-10(16)12(8)17/h2-5,16-18H,1H3,(H,19,20)(H,21,22)/p-2. The number of hydrogen-bond donors (Lipinski definition) is 3. The molecule has 0 fully saturated rings. The monoisotopic (exact) mass is 318 g/mol. The highest BCUT2D eigenvalue weighted by molar-refractivity contribution is 5.95. The van der Waals surface area contributed by atoms with Crippen molar-refractivity contribution in [1.82, 2.24) is 0 Å². The molecule has 0 spiro atoms. The highest BCUT2D eigenvalue weighted by atomic mass is 16.5. The second-order valence-electron chi connectivity index (χ2n) is 4.54. The first-order valence-corrected chi connectivity index (χ1v) is 6.16. The van der Waals surface area contributed by atoms with Crippen molar-refractivity contribution >= 4 is 11.9 Å². The molecule has 23 heavy (non-hydrogen) atoms. The van der Waals surface area contributed by atoms with Gasteiger partial charge < -0.3 is 30.3 Å². The molecular weight excluding hydrogens is 308 g/mol. The Morgan fingerprint density at radius 2 is 1.39 bits per heavy atom. The second kappa shape index (κ2) is 5.76. The number of ether oxygens (including phenoxy) is 1. The molecule has 0 unspecified atom stereocenters. The molecule has 3 N–H and O–H groups in total. The fourth-order valence-corrected chi connectivity index (χ4v) is 2.01. The summed E-state index contributed by atoms with van der Waals surface area (Å²) < 4.78 is 4.79. The van der Waals surface area contributed by atoms with Crippen LogP contribution >= 0.6 is 0 Å². The van der Waals surface area contributed by atoms with Crippen molar-refractivity contribution in [3.05, 3.63) is 35.4 Å². The normalized spacial score (nSPS) is 10.3. The molecule has 2 aromatic rings. The Morgan fingerprint density at radius 3 is 1.87 bits per heavy atom. The number of phenols is 1. The number of benzene rings is 2. The number of aromatic carboxylic acids is 2. The molecular formula is C15H10O8-2. The first-order valence-electron chi connectivity index (χ1n) is 6.16. The minimum absolute atomic E-state index is 0.320. The Balaban J connectivity index is 2.83. The Morgan fingerprint density at radius 1 is 0.913 bits per heavy atom. The van der Waals surface area contributed by atoms with Gasteiger partial charge in [0.2, 0.25) is 0 Å². The van der Waals surface area contributed by atoms with E-state index < -0.39 is 40.3 Å². The number of carbonyl (C=O) groups is 2. The van der Waals surface area contributed by atoms with Gasteiger partial charge in [-0.2, -0.15) is 0 Å². The van der Waals surface area contributed by atoms with Gasteiger partial charge >= 0.3 is 11.9 Å². The maximum atomic E-state index is 12.2. The van der Waals surface area contributed by atoms with Crippen molar-refractivity contribution in [3.8, 4) is 34.1 Å². The largest absolute Gasteiger partial charge is 0.870 e. The first-order chi connectivity index (χ1) is 10.8. The van der Waals surface area contributed by atoms with Crippen LogP contribution in [0.25, 0.3) is 11.1 Å². The molecule has 8 nitrogen and oxygen atoms in total. The molecule has 0 radical (unpaired) electrons. The smallest absolute Gasteiger partial charge is 0.335 e. The van der Waals surface area contributed by atoms with Gasteiger partial charge in [0.05, 0.1) is 18.2 Å². The van der Waals surface area contributed by atoms with Crippen LogP contribution in [0.3, 0.4) is 0 Å². The predicted octanol–water partition coefficient (Wildman–Crippen LogP) is 0.611. The van der Waals surface area contributed by atoms with Crippen molar-refractivity contribution in [2.45, 2.75) is 0 Å². The fourth-order valence-electron chi connectivity index (χ4n) is 2.01. The average Bonchev–Trinajstić information content (AvgIpc) is 2.49. The number of phenolic OH excluding ortho intramolecular Hbond substituents is 1. The molecule has 0 aliphatic heterocycles. The average molecular weight is 318 g/mol. The van der Waals surface area contributed by atoms with E-state index in [4.69, 9.17) is 14.9 Å². The minimum atomic E-state index is -1.42. The summed E-state index contributed by atoms with van der Waals surface area (Å²) >= 11 is 0. The third-order valence-corrected chi connectivity index (χ3v) is 3.13. The molecule has 0 saturated carbocycles. The van der Waals surface area contributed by atoms with Gasteiger partial charge in [-0.05, 0) is 35.4 Å². The second-order valence-corrected chi connectivity index (χ2v) is 4.54. The zero-order valence-electron chi connectivity index (χ0n) is 11.7. The summed E-state index contributed by atoms with van der Waals surface area (Å²) in [6.07, 6.45) is 0. The molecule has 0 bridgehead atoms. The number of methoxy groups -OCH3 is 1. The Kier molecular flexibility index (Phi) is 4.00. The van der Waals surface area contributed by atoms with Gasteiger partial charge in [-0.3, -0.25) is 0 Å². The van der Waals surface area contributed by atoms with Gasteiger partial charge in [0.1, 0.15) is 11.5 Å². The van der Waals surface area contributed by atoms with Crippen LogP contribution in [0.4, 0.5) is 0 Å². The molecule has 0 saturated heterocycles. The van der Waals surface area contributed by atoms with Gasteiger partial charge in [0.15, 0.2) is 0 Å². The van der Waals surface area contributed by atoms with Gasteiger partial charge in [-0.15, -0.1) is 0 Å². The molecule has 2 rings (SSSR count). The Labute approximate surface area is 129 Å². The van der Waals surface area contributed by atoms with E-state index in [2.05, 4.69) is 0 Å². The van der Waals surface area contributed by atoms with Crippen molar-refractivity contribution in [2.75, 3.05) is 7.11 Å². The van der Waals surface area contributed by atoms with Gasteiger partial charge in [0.25, 0.3) is 0 Å². The lowest BCUT2D eigenvalue weighted by molar-refractivity contribution is -0.272. The van der Waals surface area contributed by atoms with Gasteiger partial charge in [-0.1, -0.05) is 11.5 Å². The summed E-state index contributed by atoms with van der Waals surface area (Å²) in [6, 6.07) is 3.55. The summed E-state index contributed by atoms with van der Waals surface area (Å²) in [7, 11) is 1.15. The highest BCUT2D eigenvalue weighted by Crippen LogP contribution is 2.42. The number of carboxylic acid groups (broad SMARTS) is 2. The van der Waals surface area contributed by atoms with Crippen LogP contribution in [0, 0.1) is 0 Å². The number of aromatic hydroxyl groups is 1. The van der Waals surface area contributed by atoms with Crippen LogP contribution in [-0.2, 0) is 0 Å². The summed E-state index contributed by atoms with van der Waals surface area (Å²) in [5, 5.41) is 51.8. The SMILES string of the molecule is COc1cc(C(=O)O)cc(-c2cc(C(=O)O)cc(O)c2[O-])c1[O-]. The van der Waals surface area contributed by atoms with Crippen molar-refractivity contribution in [1.29, 1.82) is 0 Å². The van der Waals surface area contributed by atoms with Crippen LogP contribution in [-0.4, -0.2) is 34.4 Å². The van der Waals surface area contributed by atoms with Gasteiger partial charge in [0, 0.05) is 0 Å². The molecule has 0 aliphatic rings. The number of hydrogen-bond acceptors (Lipinski definition) is 6. The topological polar surface area (TPSA) is 150 Å². The Bertz CT molecular complexity index is 810. The molecule has 2 aromatic carbocycles. The zero-order valence-corrected chi connectivity index (χ0v) is 11.7. The van der Waals surface area contributed by atoms with E-state index >= 15 is 0 Å². The van der Waals surface area contributed by atoms with E-state index in [-0.39, 0.29) is 16.9 Å². The quantitative estimate of drug-likeness (QED) is 0.742. The summed E-state index contributed by atoms with van der Waals surface area (Å²) in [4.78, 5) is 22.1. The minimum Gasteiger partial charge on any atom is -0.870 e. The molecule has 0 heterocycles. The summed E-state index contributed by atoms with van der Waals surface area (Å²) in [5.74, 6) is -5.75. The Hall–Kier alpha value is -3.42. The third kappa shape index (κ3) is 2.82. The predicted molar refractivity (Wildman–Crippen MR) is 72.9 cm³/mol. The molecule has 120 valence electrons. The van der Waals surface area contributed by atoms with Crippen molar-refractivity contribution in [2.24, 2.45) is 0 Å². The van der Waals surface area contributed by atoms with Crippen LogP contribution in [0.2, 0.25) is 0 Å². The molecule has 0 aromatic heterocycles. The van der Waals surface area contributed by atoms with Gasteiger partial charge in [-0.25, -0.2) is 9.59 Å². The zero-order chi connectivity index (χ0) is 17.3. The molecule has 8 heteroatoms. The highest BCUT2D eigenvalue weighted by Gasteiger charge is 2.15.